The molecule has 1 aromatic heterocycles. The Bertz CT molecular complexity index is 712. The van der Waals surface area contributed by atoms with Crippen LogP contribution in [0, 0.1) is 17.0 Å². The van der Waals surface area contributed by atoms with Crippen LogP contribution in [0.5, 0.6) is 5.75 Å². The number of hydrogen-bond donors (Lipinski definition) is 1. The van der Waals surface area contributed by atoms with Gasteiger partial charge in [-0.1, -0.05) is 21.1 Å². The van der Waals surface area contributed by atoms with Crippen molar-refractivity contribution in [2.24, 2.45) is 0 Å². The Morgan fingerprint density at radius 3 is 2.81 bits per heavy atom. The van der Waals surface area contributed by atoms with E-state index in [1.54, 1.807) is 13.0 Å². The fourth-order valence-corrected chi connectivity index (χ4v) is 2.22. The molecule has 1 heterocycles. The fraction of sp³-hybridized carbons (Fsp3) is 0.167. The van der Waals surface area contributed by atoms with E-state index >= 15 is 0 Å². The van der Waals surface area contributed by atoms with E-state index in [-0.39, 0.29) is 29.5 Å². The molecule has 0 saturated carbocycles. The topological polar surface area (TPSA) is 116 Å². The molecule has 0 amide bonds. The van der Waals surface area contributed by atoms with Gasteiger partial charge in [-0.25, -0.2) is 4.79 Å². The standard InChI is InChI=1S/C12H9BrN2O6/c1-6-2-7(13)3-10(15(18)19)11(6)20-5-8-4-9(12(16)17)14-21-8/h2-4H,5H2,1H3,(H,16,17). The van der Waals surface area contributed by atoms with Crippen molar-refractivity contribution in [3.63, 3.8) is 0 Å². The molecule has 1 N–H and O–H groups in total. The van der Waals surface area contributed by atoms with Crippen LogP contribution in [-0.4, -0.2) is 21.2 Å². The van der Waals surface area contributed by atoms with Crippen molar-refractivity contribution in [3.05, 3.63) is 49.8 Å². The van der Waals surface area contributed by atoms with Crippen molar-refractivity contribution in [1.29, 1.82) is 0 Å². The molecule has 8 nitrogen and oxygen atoms in total. The number of benzene rings is 1. The van der Waals surface area contributed by atoms with Gasteiger partial charge in [0.1, 0.15) is 6.61 Å². The SMILES string of the molecule is Cc1cc(Br)cc([N+](=O)[O-])c1OCc1cc(C(=O)O)no1. The molecule has 110 valence electrons. The Morgan fingerprint density at radius 1 is 1.52 bits per heavy atom. The van der Waals surface area contributed by atoms with Crippen molar-refractivity contribution in [3.8, 4) is 5.75 Å². The molecule has 21 heavy (non-hydrogen) atoms. The van der Waals surface area contributed by atoms with Gasteiger partial charge in [0.2, 0.25) is 5.75 Å². The van der Waals surface area contributed by atoms with Gasteiger partial charge in [-0.3, -0.25) is 10.1 Å². The number of hydrogen-bond acceptors (Lipinski definition) is 6. The summed E-state index contributed by atoms with van der Waals surface area (Å²) in [5, 5.41) is 23.1. The Kier molecular flexibility index (Phi) is 4.22. The molecule has 0 radical (unpaired) electrons. The first-order chi connectivity index (χ1) is 9.88. The number of aryl methyl sites for hydroxylation is 1. The number of nitro benzene ring substituents is 1. The molecule has 0 spiro atoms. The zero-order chi connectivity index (χ0) is 15.6. The van der Waals surface area contributed by atoms with E-state index in [2.05, 4.69) is 21.1 Å². The summed E-state index contributed by atoms with van der Waals surface area (Å²) in [7, 11) is 0. The number of aromatic carboxylic acids is 1. The molecule has 0 saturated heterocycles. The molecule has 1 aromatic carbocycles. The highest BCUT2D eigenvalue weighted by molar-refractivity contribution is 9.10. The average molecular weight is 357 g/mol. The van der Waals surface area contributed by atoms with Gasteiger partial charge in [-0.15, -0.1) is 0 Å². The van der Waals surface area contributed by atoms with E-state index in [0.717, 1.165) is 0 Å². The minimum absolute atomic E-state index is 0.0940. The van der Waals surface area contributed by atoms with Crippen molar-refractivity contribution < 1.29 is 24.1 Å². The molecule has 0 aliphatic carbocycles. The molecular formula is C12H9BrN2O6. The van der Waals surface area contributed by atoms with Crippen LogP contribution in [0.2, 0.25) is 0 Å². The summed E-state index contributed by atoms with van der Waals surface area (Å²) in [6.45, 7) is 1.50. The molecular weight excluding hydrogens is 348 g/mol. The molecule has 0 unspecified atom stereocenters. The number of carboxylic acids is 1. The maximum atomic E-state index is 11.0. The zero-order valence-corrected chi connectivity index (χ0v) is 12.3. The van der Waals surface area contributed by atoms with E-state index in [0.29, 0.717) is 10.0 Å². The fourth-order valence-electron chi connectivity index (χ4n) is 1.66. The molecule has 0 atom stereocenters. The molecule has 9 heteroatoms. The molecule has 2 aromatic rings. The van der Waals surface area contributed by atoms with Crippen LogP contribution in [0.3, 0.4) is 0 Å². The third kappa shape index (κ3) is 3.37. The molecule has 0 aliphatic rings. The lowest BCUT2D eigenvalue weighted by molar-refractivity contribution is -0.386. The predicted molar refractivity (Wildman–Crippen MR) is 73.3 cm³/mol. The number of halogens is 1. The van der Waals surface area contributed by atoms with Gasteiger partial charge < -0.3 is 14.4 Å². The first kappa shape index (κ1) is 15.0. The van der Waals surface area contributed by atoms with Crippen LogP contribution in [0.25, 0.3) is 0 Å². The summed E-state index contributed by atoms with van der Waals surface area (Å²) in [4.78, 5) is 21.1. The van der Waals surface area contributed by atoms with Crippen molar-refractivity contribution in [1.82, 2.24) is 5.16 Å². The van der Waals surface area contributed by atoms with E-state index < -0.39 is 10.9 Å². The lowest BCUT2D eigenvalue weighted by Crippen LogP contribution is -2.01. The van der Waals surface area contributed by atoms with Crippen LogP contribution >= 0.6 is 15.9 Å². The first-order valence-corrected chi connectivity index (χ1v) is 6.44. The third-order valence-corrected chi connectivity index (χ3v) is 3.01. The summed E-state index contributed by atoms with van der Waals surface area (Å²) < 4.78 is 10.7. The Balaban J connectivity index is 2.23. The maximum Gasteiger partial charge on any atom is 0.358 e. The maximum absolute atomic E-state index is 11.0. The number of nitro groups is 1. The van der Waals surface area contributed by atoms with Gasteiger partial charge in [0.15, 0.2) is 11.5 Å². The summed E-state index contributed by atoms with van der Waals surface area (Å²) in [5.74, 6) is -0.976. The first-order valence-electron chi connectivity index (χ1n) is 5.64. The number of carbonyl (C=O) groups is 1. The van der Waals surface area contributed by atoms with Crippen LogP contribution in [0.4, 0.5) is 5.69 Å². The number of nitrogens with zero attached hydrogens (tertiary/aromatic N) is 2. The normalized spacial score (nSPS) is 10.4. The van der Waals surface area contributed by atoms with Crippen LogP contribution in [-0.2, 0) is 6.61 Å². The van der Waals surface area contributed by atoms with Crippen molar-refractivity contribution in [2.75, 3.05) is 0 Å². The summed E-state index contributed by atoms with van der Waals surface area (Å²) in [6.07, 6.45) is 0. The highest BCUT2D eigenvalue weighted by Gasteiger charge is 2.20. The lowest BCUT2D eigenvalue weighted by atomic mass is 10.2. The van der Waals surface area contributed by atoms with Crippen LogP contribution in [0.15, 0.2) is 27.2 Å². The molecule has 0 fully saturated rings. The van der Waals surface area contributed by atoms with Gasteiger partial charge in [-0.2, -0.15) is 0 Å². The van der Waals surface area contributed by atoms with Gasteiger partial charge >= 0.3 is 11.7 Å². The molecule has 2 rings (SSSR count). The Hall–Kier alpha value is -2.42. The number of carboxylic acid groups (broad SMARTS) is 1. The summed E-state index contributed by atoms with van der Waals surface area (Å²) >= 11 is 3.18. The average Bonchev–Trinajstić information content (AvgIpc) is 2.85. The Morgan fingerprint density at radius 2 is 2.24 bits per heavy atom. The lowest BCUT2D eigenvalue weighted by Gasteiger charge is -2.08. The summed E-state index contributed by atoms with van der Waals surface area (Å²) in [6, 6.07) is 4.19. The highest BCUT2D eigenvalue weighted by atomic mass is 79.9. The summed E-state index contributed by atoms with van der Waals surface area (Å²) in [5.41, 5.74) is 0.115. The smallest absolute Gasteiger partial charge is 0.358 e. The number of aromatic nitrogens is 1. The van der Waals surface area contributed by atoms with Gasteiger partial charge in [0.25, 0.3) is 0 Å². The van der Waals surface area contributed by atoms with Crippen molar-refractivity contribution >= 4 is 27.6 Å². The predicted octanol–water partition coefficient (Wildman–Crippen LogP) is 2.93. The van der Waals surface area contributed by atoms with Crippen molar-refractivity contribution in [2.45, 2.75) is 13.5 Å². The second-order valence-electron chi connectivity index (χ2n) is 4.10. The van der Waals surface area contributed by atoms with E-state index in [1.165, 1.54) is 12.1 Å². The second kappa shape index (κ2) is 5.92. The zero-order valence-electron chi connectivity index (χ0n) is 10.7. The number of rotatable bonds is 5. The van der Waals surface area contributed by atoms with Crippen LogP contribution in [0.1, 0.15) is 21.8 Å². The third-order valence-electron chi connectivity index (χ3n) is 2.55. The van der Waals surface area contributed by atoms with Gasteiger partial charge in [-0.05, 0) is 18.6 Å². The largest absolute Gasteiger partial charge is 0.478 e. The van der Waals surface area contributed by atoms with E-state index in [1.807, 2.05) is 0 Å². The second-order valence-corrected chi connectivity index (χ2v) is 5.02. The Labute approximate surface area is 126 Å². The van der Waals surface area contributed by atoms with Gasteiger partial charge in [0.05, 0.1) is 4.92 Å². The monoisotopic (exact) mass is 356 g/mol. The minimum Gasteiger partial charge on any atom is -0.478 e. The minimum atomic E-state index is -1.23. The highest BCUT2D eigenvalue weighted by Crippen LogP contribution is 2.34. The van der Waals surface area contributed by atoms with Gasteiger partial charge in [0, 0.05) is 16.6 Å². The molecule has 0 aliphatic heterocycles. The van der Waals surface area contributed by atoms with E-state index in [4.69, 9.17) is 14.4 Å². The number of ether oxygens (including phenoxy) is 1. The van der Waals surface area contributed by atoms with Crippen LogP contribution < -0.4 is 4.74 Å². The molecule has 0 bridgehead atoms. The van der Waals surface area contributed by atoms with E-state index in [9.17, 15) is 14.9 Å². The quantitative estimate of drug-likeness (QED) is 0.646.